The van der Waals surface area contributed by atoms with Crippen LogP contribution in [-0.4, -0.2) is 32.6 Å². The Labute approximate surface area is 182 Å². The summed E-state index contributed by atoms with van der Waals surface area (Å²) >= 11 is 0. The fourth-order valence-corrected chi connectivity index (χ4v) is 3.17. The number of hydrogen-bond donors (Lipinski definition) is 2. The summed E-state index contributed by atoms with van der Waals surface area (Å²) in [6.45, 7) is 2.32. The highest BCUT2D eigenvalue weighted by molar-refractivity contribution is 6.05. The summed E-state index contributed by atoms with van der Waals surface area (Å²) in [5.41, 5.74) is 3.47. The van der Waals surface area contributed by atoms with Crippen molar-refractivity contribution in [3.05, 3.63) is 89.0 Å². The highest BCUT2D eigenvalue weighted by atomic mass is 16.5. The normalized spacial score (nSPS) is 10.3. The number of amides is 2. The van der Waals surface area contributed by atoms with Crippen molar-refractivity contribution in [3.63, 3.8) is 0 Å². The lowest BCUT2D eigenvalue weighted by Crippen LogP contribution is -2.26. The Hall–Kier alpha value is -3.80. The summed E-state index contributed by atoms with van der Waals surface area (Å²) in [6.07, 6.45) is 0.593. The average Bonchev–Trinajstić information content (AvgIpc) is 2.80. The van der Waals surface area contributed by atoms with Crippen LogP contribution in [0.25, 0.3) is 0 Å². The van der Waals surface area contributed by atoms with E-state index in [0.717, 1.165) is 22.6 Å². The number of methoxy groups -OCH3 is 2. The molecule has 0 aromatic heterocycles. The molecule has 0 radical (unpaired) electrons. The van der Waals surface area contributed by atoms with Crippen LogP contribution < -0.4 is 20.1 Å². The van der Waals surface area contributed by atoms with Gasteiger partial charge in [0, 0.05) is 23.4 Å². The predicted octanol–water partition coefficient (Wildman–Crippen LogP) is 4.24. The molecule has 0 unspecified atom stereocenters. The van der Waals surface area contributed by atoms with Crippen LogP contribution in [0.3, 0.4) is 0 Å². The summed E-state index contributed by atoms with van der Waals surface area (Å²) in [5, 5.41) is 5.80. The van der Waals surface area contributed by atoms with Crippen LogP contribution >= 0.6 is 0 Å². The number of hydrogen-bond acceptors (Lipinski definition) is 4. The first-order chi connectivity index (χ1) is 15.0. The van der Waals surface area contributed by atoms with Gasteiger partial charge in [-0.25, -0.2) is 0 Å². The second-order valence-electron chi connectivity index (χ2n) is 7.03. The number of nitrogens with one attached hydrogen (secondary N) is 2. The van der Waals surface area contributed by atoms with Crippen LogP contribution in [0.1, 0.15) is 31.8 Å². The van der Waals surface area contributed by atoms with Crippen molar-refractivity contribution in [2.45, 2.75) is 13.3 Å². The fourth-order valence-electron chi connectivity index (χ4n) is 3.17. The average molecular weight is 418 g/mol. The van der Waals surface area contributed by atoms with Crippen molar-refractivity contribution in [1.29, 1.82) is 0 Å². The van der Waals surface area contributed by atoms with E-state index >= 15 is 0 Å². The third kappa shape index (κ3) is 5.63. The Bertz CT molecular complexity index is 1060. The van der Waals surface area contributed by atoms with Gasteiger partial charge in [0.1, 0.15) is 11.5 Å². The molecule has 0 saturated carbocycles. The van der Waals surface area contributed by atoms with E-state index in [1.165, 1.54) is 0 Å². The van der Waals surface area contributed by atoms with E-state index in [2.05, 4.69) is 10.6 Å². The van der Waals surface area contributed by atoms with Crippen molar-refractivity contribution in [2.24, 2.45) is 0 Å². The van der Waals surface area contributed by atoms with Crippen LogP contribution in [0.4, 0.5) is 5.69 Å². The number of aryl methyl sites for hydroxylation is 1. The quantitative estimate of drug-likeness (QED) is 0.574. The number of rotatable bonds is 8. The first kappa shape index (κ1) is 21.9. The van der Waals surface area contributed by atoms with Crippen molar-refractivity contribution in [3.8, 4) is 11.5 Å². The predicted molar refractivity (Wildman–Crippen MR) is 121 cm³/mol. The molecule has 0 aliphatic rings. The molecule has 31 heavy (non-hydrogen) atoms. The first-order valence-electron chi connectivity index (χ1n) is 9.98. The second kappa shape index (κ2) is 10.3. The van der Waals surface area contributed by atoms with E-state index in [-0.39, 0.29) is 11.8 Å². The molecule has 3 aromatic rings. The van der Waals surface area contributed by atoms with Crippen LogP contribution in [0.2, 0.25) is 0 Å². The van der Waals surface area contributed by atoms with E-state index in [1.54, 1.807) is 38.5 Å². The van der Waals surface area contributed by atoms with Crippen molar-refractivity contribution in [2.75, 3.05) is 26.1 Å². The number of carbonyl (C=O) groups is 2. The minimum absolute atomic E-state index is 0.211. The standard InChI is InChI=1S/C25H26N2O4/c1-17-9-10-20(16-22(17)27-25(29)18-7-5-4-6-8-18)24(28)26-14-13-19-15-21(30-2)11-12-23(19)31-3/h4-12,15-16H,13-14H2,1-3H3,(H,26,28)(H,27,29). The molecule has 0 spiro atoms. The molecule has 0 aliphatic carbocycles. The Morgan fingerprint density at radius 3 is 2.32 bits per heavy atom. The molecule has 0 fully saturated rings. The maximum atomic E-state index is 12.7. The van der Waals surface area contributed by atoms with Crippen LogP contribution in [-0.2, 0) is 6.42 Å². The molecular weight excluding hydrogens is 392 g/mol. The van der Waals surface area contributed by atoms with Gasteiger partial charge in [0.25, 0.3) is 11.8 Å². The van der Waals surface area contributed by atoms with Crippen LogP contribution in [0, 0.1) is 6.92 Å². The van der Waals surface area contributed by atoms with Gasteiger partial charge in [-0.15, -0.1) is 0 Å². The number of benzene rings is 3. The fraction of sp³-hybridized carbons (Fsp3) is 0.200. The van der Waals surface area contributed by atoms with E-state index in [0.29, 0.717) is 29.8 Å². The highest BCUT2D eigenvalue weighted by Crippen LogP contribution is 2.24. The maximum absolute atomic E-state index is 12.7. The molecule has 2 N–H and O–H groups in total. The third-order valence-corrected chi connectivity index (χ3v) is 4.95. The van der Waals surface area contributed by atoms with Gasteiger partial charge < -0.3 is 20.1 Å². The Morgan fingerprint density at radius 2 is 1.61 bits per heavy atom. The molecule has 0 heterocycles. The topological polar surface area (TPSA) is 76.7 Å². The second-order valence-corrected chi connectivity index (χ2v) is 7.03. The molecule has 6 nitrogen and oxygen atoms in total. The number of ether oxygens (including phenoxy) is 2. The van der Waals surface area contributed by atoms with Gasteiger partial charge in [0.2, 0.25) is 0 Å². The molecular formula is C25H26N2O4. The Balaban J connectivity index is 1.65. The van der Waals surface area contributed by atoms with E-state index in [9.17, 15) is 9.59 Å². The van der Waals surface area contributed by atoms with Crippen LogP contribution in [0.5, 0.6) is 11.5 Å². The van der Waals surface area contributed by atoms with Gasteiger partial charge in [0.05, 0.1) is 14.2 Å². The largest absolute Gasteiger partial charge is 0.497 e. The molecule has 3 rings (SSSR count). The molecule has 2 amide bonds. The number of carbonyl (C=O) groups excluding carboxylic acids is 2. The monoisotopic (exact) mass is 418 g/mol. The molecule has 0 bridgehead atoms. The zero-order valence-corrected chi connectivity index (χ0v) is 17.9. The molecule has 0 aliphatic heterocycles. The molecule has 0 atom stereocenters. The van der Waals surface area contributed by atoms with Gasteiger partial charge in [-0.05, 0) is 66.9 Å². The summed E-state index contributed by atoms with van der Waals surface area (Å²) < 4.78 is 10.6. The third-order valence-electron chi connectivity index (χ3n) is 4.95. The summed E-state index contributed by atoms with van der Waals surface area (Å²) in [5.74, 6) is 1.05. The van der Waals surface area contributed by atoms with Gasteiger partial charge in [-0.1, -0.05) is 24.3 Å². The lowest BCUT2D eigenvalue weighted by atomic mass is 10.1. The Morgan fingerprint density at radius 1 is 0.839 bits per heavy atom. The van der Waals surface area contributed by atoms with Gasteiger partial charge in [0.15, 0.2) is 0 Å². The Kier molecular flexibility index (Phi) is 7.27. The van der Waals surface area contributed by atoms with Gasteiger partial charge >= 0.3 is 0 Å². The van der Waals surface area contributed by atoms with Crippen molar-refractivity contribution >= 4 is 17.5 Å². The first-order valence-corrected chi connectivity index (χ1v) is 9.98. The minimum atomic E-state index is -0.216. The molecule has 3 aromatic carbocycles. The number of anilines is 1. The summed E-state index contributed by atoms with van der Waals surface area (Å²) in [6, 6.07) is 19.8. The lowest BCUT2D eigenvalue weighted by molar-refractivity contribution is 0.0952. The van der Waals surface area contributed by atoms with Gasteiger partial charge in [-0.2, -0.15) is 0 Å². The van der Waals surface area contributed by atoms with E-state index in [4.69, 9.17) is 9.47 Å². The zero-order chi connectivity index (χ0) is 22.2. The van der Waals surface area contributed by atoms with Gasteiger partial charge in [-0.3, -0.25) is 9.59 Å². The highest BCUT2D eigenvalue weighted by Gasteiger charge is 2.12. The van der Waals surface area contributed by atoms with Crippen LogP contribution in [0.15, 0.2) is 66.7 Å². The lowest BCUT2D eigenvalue weighted by Gasteiger charge is -2.13. The van der Waals surface area contributed by atoms with Crippen molar-refractivity contribution < 1.29 is 19.1 Å². The summed E-state index contributed by atoms with van der Waals surface area (Å²) in [7, 11) is 3.22. The van der Waals surface area contributed by atoms with E-state index < -0.39 is 0 Å². The zero-order valence-electron chi connectivity index (χ0n) is 17.9. The maximum Gasteiger partial charge on any atom is 0.255 e. The molecule has 6 heteroatoms. The van der Waals surface area contributed by atoms with Crippen molar-refractivity contribution in [1.82, 2.24) is 5.32 Å². The van der Waals surface area contributed by atoms with E-state index in [1.807, 2.05) is 49.4 Å². The molecule has 0 saturated heterocycles. The minimum Gasteiger partial charge on any atom is -0.497 e. The molecule has 160 valence electrons. The SMILES string of the molecule is COc1ccc(OC)c(CCNC(=O)c2ccc(C)c(NC(=O)c3ccccc3)c2)c1. The summed E-state index contributed by atoms with van der Waals surface area (Å²) in [4.78, 5) is 25.1. The smallest absolute Gasteiger partial charge is 0.255 e.